The van der Waals surface area contributed by atoms with E-state index in [2.05, 4.69) is 15.5 Å². The number of aromatic carboxylic acids is 1. The van der Waals surface area contributed by atoms with E-state index in [0.717, 1.165) is 30.7 Å². The van der Waals surface area contributed by atoms with Gasteiger partial charge in [-0.25, -0.2) is 4.79 Å². The summed E-state index contributed by atoms with van der Waals surface area (Å²) in [5.41, 5.74) is 1.81. The maximum absolute atomic E-state index is 11.6. The van der Waals surface area contributed by atoms with Crippen molar-refractivity contribution in [1.82, 2.24) is 15.5 Å². The number of hydrogen-bond acceptors (Lipinski definition) is 5. The molecule has 0 radical (unpaired) electrons. The molecule has 138 valence electrons. The molecule has 6 nitrogen and oxygen atoms in total. The number of nitrogens with zero attached hydrogens (tertiary/aromatic N) is 2. The zero-order valence-electron chi connectivity index (χ0n) is 14.7. The summed E-state index contributed by atoms with van der Waals surface area (Å²) in [6.07, 6.45) is 6.08. The Morgan fingerprint density at radius 3 is 2.81 bits per heavy atom. The predicted octanol–water partition coefficient (Wildman–Crippen LogP) is 3.93. The minimum Gasteiger partial charge on any atom is -0.490 e. The van der Waals surface area contributed by atoms with E-state index >= 15 is 0 Å². The smallest absolute Gasteiger partial charge is 0.357 e. The van der Waals surface area contributed by atoms with Crippen LogP contribution >= 0.6 is 11.6 Å². The average Bonchev–Trinajstić information content (AvgIpc) is 3.15. The Kier molecular flexibility index (Phi) is 6.06. The highest BCUT2D eigenvalue weighted by atomic mass is 35.5. The monoisotopic (exact) mass is 375 g/mol. The summed E-state index contributed by atoms with van der Waals surface area (Å²) < 4.78 is 6.24. The van der Waals surface area contributed by atoms with Crippen LogP contribution in [-0.4, -0.2) is 33.9 Å². The van der Waals surface area contributed by atoms with Gasteiger partial charge >= 0.3 is 5.97 Å². The van der Waals surface area contributed by atoms with Crippen LogP contribution in [0.5, 0.6) is 5.75 Å². The van der Waals surface area contributed by atoms with Crippen molar-refractivity contribution in [3.63, 3.8) is 0 Å². The van der Waals surface area contributed by atoms with Gasteiger partial charge in [0.1, 0.15) is 5.75 Å². The van der Waals surface area contributed by atoms with Crippen LogP contribution in [0.4, 0.5) is 0 Å². The Morgan fingerprint density at radius 1 is 1.35 bits per heavy atom. The molecule has 1 fully saturated rings. The van der Waals surface area contributed by atoms with Gasteiger partial charge in [-0.05, 0) is 50.4 Å². The van der Waals surface area contributed by atoms with E-state index in [1.54, 1.807) is 12.1 Å². The van der Waals surface area contributed by atoms with Crippen LogP contribution in [0.15, 0.2) is 24.4 Å². The molecular formula is C19H22ClN3O3. The molecule has 1 aliphatic carbocycles. The van der Waals surface area contributed by atoms with Gasteiger partial charge in [-0.3, -0.25) is 0 Å². The number of rotatable bonds is 7. The molecule has 0 aliphatic heterocycles. The molecule has 1 saturated carbocycles. The molecule has 2 N–H and O–H groups in total. The van der Waals surface area contributed by atoms with Gasteiger partial charge in [-0.2, -0.15) is 5.10 Å². The molecule has 0 bridgehead atoms. The largest absolute Gasteiger partial charge is 0.490 e. The van der Waals surface area contributed by atoms with Crippen molar-refractivity contribution in [3.05, 3.63) is 40.7 Å². The van der Waals surface area contributed by atoms with Gasteiger partial charge in [0.15, 0.2) is 5.69 Å². The van der Waals surface area contributed by atoms with Crippen LogP contribution in [0.2, 0.25) is 5.02 Å². The van der Waals surface area contributed by atoms with Gasteiger partial charge in [0.05, 0.1) is 12.3 Å². The maximum Gasteiger partial charge on any atom is 0.357 e. The first kappa shape index (κ1) is 18.6. The van der Waals surface area contributed by atoms with E-state index < -0.39 is 5.97 Å². The number of benzene rings is 1. The van der Waals surface area contributed by atoms with Crippen molar-refractivity contribution >= 4 is 17.6 Å². The molecule has 0 atom stereocenters. The highest BCUT2D eigenvalue weighted by molar-refractivity contribution is 6.33. The molecule has 1 aromatic heterocycles. The summed E-state index contributed by atoms with van der Waals surface area (Å²) in [6, 6.07) is 5.25. The molecule has 1 aromatic carbocycles. The number of carbonyl (C=O) groups is 1. The van der Waals surface area contributed by atoms with Gasteiger partial charge in [-0.15, -0.1) is 5.10 Å². The normalized spacial score (nSPS) is 14.5. The quantitative estimate of drug-likeness (QED) is 0.762. The number of halogens is 1. The number of aromatic nitrogens is 2. The molecule has 0 amide bonds. The molecule has 1 heterocycles. The molecule has 0 unspecified atom stereocenters. The lowest BCUT2D eigenvalue weighted by atomic mass is 9.97. The highest BCUT2D eigenvalue weighted by Gasteiger charge is 2.24. The van der Waals surface area contributed by atoms with Crippen molar-refractivity contribution in [3.8, 4) is 16.9 Å². The van der Waals surface area contributed by atoms with E-state index in [1.165, 1.54) is 19.0 Å². The van der Waals surface area contributed by atoms with Crippen LogP contribution < -0.4 is 10.1 Å². The summed E-state index contributed by atoms with van der Waals surface area (Å²) in [4.78, 5) is 11.6. The third-order valence-corrected chi connectivity index (χ3v) is 4.87. The summed E-state index contributed by atoms with van der Waals surface area (Å²) in [7, 11) is 0. The number of carboxylic acid groups (broad SMARTS) is 1. The molecular weight excluding hydrogens is 354 g/mol. The van der Waals surface area contributed by atoms with Crippen molar-refractivity contribution in [2.75, 3.05) is 6.54 Å². The van der Waals surface area contributed by atoms with E-state index in [0.29, 0.717) is 22.7 Å². The van der Waals surface area contributed by atoms with Gasteiger partial charge in [0, 0.05) is 28.3 Å². The third-order valence-electron chi connectivity index (χ3n) is 4.56. The lowest BCUT2D eigenvalue weighted by Crippen LogP contribution is -2.17. The van der Waals surface area contributed by atoms with Gasteiger partial charge in [0.2, 0.25) is 0 Å². The van der Waals surface area contributed by atoms with Crippen LogP contribution in [0.3, 0.4) is 0 Å². The second-order valence-electron chi connectivity index (χ2n) is 6.30. The first-order chi connectivity index (χ1) is 12.6. The molecule has 1 aliphatic rings. The van der Waals surface area contributed by atoms with Crippen molar-refractivity contribution < 1.29 is 14.6 Å². The Balaban J connectivity index is 2.12. The molecule has 0 spiro atoms. The van der Waals surface area contributed by atoms with Crippen LogP contribution in [0.1, 0.15) is 48.7 Å². The predicted molar refractivity (Wildman–Crippen MR) is 99.7 cm³/mol. The third kappa shape index (κ3) is 3.97. The van der Waals surface area contributed by atoms with E-state index in [9.17, 15) is 9.90 Å². The Morgan fingerprint density at radius 2 is 2.12 bits per heavy atom. The summed E-state index contributed by atoms with van der Waals surface area (Å²) in [5.74, 6) is -0.397. The standard InChI is InChI=1S/C19H22ClN3O3/c1-2-21-11-14-16(26-12-5-3-4-6-12)8-7-15(20)17(14)13-9-10-22-23-18(13)19(24)25/h7-10,12,21H,2-6,11H2,1H3,(H,24,25). The minimum atomic E-state index is -1.14. The van der Waals surface area contributed by atoms with Gasteiger partial charge in [-0.1, -0.05) is 18.5 Å². The van der Waals surface area contributed by atoms with Crippen molar-refractivity contribution in [2.24, 2.45) is 0 Å². The first-order valence-electron chi connectivity index (χ1n) is 8.86. The zero-order chi connectivity index (χ0) is 18.5. The maximum atomic E-state index is 11.6. The summed E-state index contributed by atoms with van der Waals surface area (Å²) >= 11 is 6.48. The lowest BCUT2D eigenvalue weighted by molar-refractivity contribution is 0.0690. The highest BCUT2D eigenvalue weighted by Crippen LogP contribution is 2.39. The molecule has 0 saturated heterocycles. The Hall–Kier alpha value is -2.18. The fraction of sp³-hybridized carbons (Fsp3) is 0.421. The molecule has 26 heavy (non-hydrogen) atoms. The van der Waals surface area contributed by atoms with Crippen molar-refractivity contribution in [1.29, 1.82) is 0 Å². The first-order valence-corrected chi connectivity index (χ1v) is 9.23. The Labute approximate surface area is 157 Å². The van der Waals surface area contributed by atoms with Gasteiger partial charge in [0.25, 0.3) is 0 Å². The van der Waals surface area contributed by atoms with E-state index in [4.69, 9.17) is 16.3 Å². The second kappa shape index (κ2) is 8.47. The minimum absolute atomic E-state index is 0.120. The fourth-order valence-corrected chi connectivity index (χ4v) is 3.58. The lowest BCUT2D eigenvalue weighted by Gasteiger charge is -2.21. The van der Waals surface area contributed by atoms with Crippen LogP contribution in [0.25, 0.3) is 11.1 Å². The molecule has 3 rings (SSSR count). The topological polar surface area (TPSA) is 84.3 Å². The van der Waals surface area contributed by atoms with Gasteiger partial charge < -0.3 is 15.2 Å². The summed E-state index contributed by atoms with van der Waals surface area (Å²) in [5, 5.41) is 20.7. The zero-order valence-corrected chi connectivity index (χ0v) is 15.4. The SMILES string of the molecule is CCNCc1c(OC2CCCC2)ccc(Cl)c1-c1ccnnc1C(=O)O. The van der Waals surface area contributed by atoms with Crippen LogP contribution in [0, 0.1) is 0 Å². The number of ether oxygens (including phenoxy) is 1. The second-order valence-corrected chi connectivity index (χ2v) is 6.71. The number of carboxylic acids is 1. The Bertz CT molecular complexity index is 792. The number of hydrogen-bond donors (Lipinski definition) is 2. The summed E-state index contributed by atoms with van der Waals surface area (Å²) in [6.45, 7) is 3.31. The average molecular weight is 376 g/mol. The van der Waals surface area contributed by atoms with E-state index in [-0.39, 0.29) is 11.8 Å². The fourth-order valence-electron chi connectivity index (χ4n) is 3.30. The van der Waals surface area contributed by atoms with E-state index in [1.807, 2.05) is 13.0 Å². The number of nitrogens with one attached hydrogen (secondary N) is 1. The molecule has 2 aromatic rings. The molecule has 7 heteroatoms. The van der Waals surface area contributed by atoms with Crippen molar-refractivity contribution in [2.45, 2.75) is 45.3 Å². The van der Waals surface area contributed by atoms with Crippen LogP contribution in [-0.2, 0) is 6.54 Å².